The molecule has 31 heavy (non-hydrogen) atoms. The van der Waals surface area contributed by atoms with E-state index in [2.05, 4.69) is 20.3 Å². The van der Waals surface area contributed by atoms with Crippen molar-refractivity contribution in [3.63, 3.8) is 0 Å². The number of anilines is 2. The predicted molar refractivity (Wildman–Crippen MR) is 120 cm³/mol. The zero-order valence-corrected chi connectivity index (χ0v) is 17.4. The molecule has 0 amide bonds. The molecule has 0 bridgehead atoms. The van der Waals surface area contributed by atoms with E-state index in [1.807, 2.05) is 31.2 Å². The van der Waals surface area contributed by atoms with Crippen LogP contribution in [0, 0.1) is 6.92 Å². The molecule has 0 fully saturated rings. The standard InChI is InChI=1S/C22H21N7O2/c1-13-4-5-14-11-16(24-17(14)10-13)12-29-20(30)18-19(28(3)22(29)31)26-21(27(18)2)25-15-6-8-23-9-7-15/h4-11,24H,12H2,1-3H3,(H,23,25,26). The Labute approximate surface area is 176 Å². The molecule has 0 aliphatic heterocycles. The third-order valence-electron chi connectivity index (χ3n) is 5.46. The van der Waals surface area contributed by atoms with Crippen molar-refractivity contribution in [3.05, 3.63) is 80.9 Å². The maximum Gasteiger partial charge on any atom is 0.332 e. The van der Waals surface area contributed by atoms with Crippen molar-refractivity contribution in [2.75, 3.05) is 5.32 Å². The Morgan fingerprint density at radius 3 is 2.58 bits per heavy atom. The Bertz CT molecular complexity index is 1550. The highest BCUT2D eigenvalue weighted by Gasteiger charge is 2.19. The third-order valence-corrected chi connectivity index (χ3v) is 5.46. The van der Waals surface area contributed by atoms with Crippen LogP contribution in [0.1, 0.15) is 11.3 Å². The lowest BCUT2D eigenvalue weighted by atomic mass is 10.2. The molecule has 0 aliphatic rings. The first-order chi connectivity index (χ1) is 14.9. The maximum absolute atomic E-state index is 13.3. The smallest absolute Gasteiger partial charge is 0.332 e. The molecule has 5 rings (SSSR count). The molecule has 156 valence electrons. The van der Waals surface area contributed by atoms with Crippen molar-refractivity contribution in [2.24, 2.45) is 14.1 Å². The molecule has 9 heteroatoms. The van der Waals surface area contributed by atoms with E-state index in [9.17, 15) is 9.59 Å². The summed E-state index contributed by atoms with van der Waals surface area (Å²) in [6.07, 6.45) is 3.32. The molecule has 0 aliphatic carbocycles. The van der Waals surface area contributed by atoms with Crippen molar-refractivity contribution in [2.45, 2.75) is 13.5 Å². The fourth-order valence-electron chi connectivity index (χ4n) is 3.82. The predicted octanol–water partition coefficient (Wildman–Crippen LogP) is 2.41. The van der Waals surface area contributed by atoms with Crippen LogP contribution in [0.3, 0.4) is 0 Å². The third kappa shape index (κ3) is 3.10. The first-order valence-electron chi connectivity index (χ1n) is 9.84. The lowest BCUT2D eigenvalue weighted by Gasteiger charge is -2.08. The Hall–Kier alpha value is -4.14. The molecule has 1 aromatic carbocycles. The number of hydrogen-bond donors (Lipinski definition) is 2. The second-order valence-electron chi connectivity index (χ2n) is 7.65. The lowest BCUT2D eigenvalue weighted by molar-refractivity contribution is 0.648. The van der Waals surface area contributed by atoms with E-state index < -0.39 is 5.69 Å². The van der Waals surface area contributed by atoms with Gasteiger partial charge >= 0.3 is 5.69 Å². The Morgan fingerprint density at radius 1 is 1.03 bits per heavy atom. The van der Waals surface area contributed by atoms with Gasteiger partial charge in [0.1, 0.15) is 0 Å². The summed E-state index contributed by atoms with van der Waals surface area (Å²) in [6, 6.07) is 11.7. The maximum atomic E-state index is 13.3. The summed E-state index contributed by atoms with van der Waals surface area (Å²) in [5, 5.41) is 4.21. The monoisotopic (exact) mass is 415 g/mol. The molecule has 0 atom stereocenters. The van der Waals surface area contributed by atoms with E-state index in [4.69, 9.17) is 0 Å². The second-order valence-corrected chi connectivity index (χ2v) is 7.65. The fourth-order valence-corrected chi connectivity index (χ4v) is 3.82. The first kappa shape index (κ1) is 18.9. The van der Waals surface area contributed by atoms with Crippen LogP contribution in [0.15, 0.2) is 58.4 Å². The number of aromatic amines is 1. The molecule has 9 nitrogen and oxygen atoms in total. The largest absolute Gasteiger partial charge is 0.357 e. The van der Waals surface area contributed by atoms with Crippen molar-refractivity contribution in [3.8, 4) is 0 Å². The summed E-state index contributed by atoms with van der Waals surface area (Å²) in [6.45, 7) is 2.17. The minimum atomic E-state index is -0.416. The number of imidazole rings is 1. The summed E-state index contributed by atoms with van der Waals surface area (Å²) >= 11 is 0. The van der Waals surface area contributed by atoms with Gasteiger partial charge in [-0.05, 0) is 42.1 Å². The Balaban J connectivity index is 1.62. The molecule has 0 spiro atoms. The number of pyridine rings is 1. The van der Waals surface area contributed by atoms with Crippen molar-refractivity contribution < 1.29 is 0 Å². The van der Waals surface area contributed by atoms with Crippen molar-refractivity contribution in [1.82, 2.24) is 28.7 Å². The van der Waals surface area contributed by atoms with Crippen LogP contribution in [-0.4, -0.2) is 28.7 Å². The minimum Gasteiger partial charge on any atom is -0.357 e. The van der Waals surface area contributed by atoms with Crippen LogP contribution < -0.4 is 16.6 Å². The van der Waals surface area contributed by atoms with E-state index in [1.54, 1.807) is 43.2 Å². The highest BCUT2D eigenvalue weighted by molar-refractivity contribution is 5.81. The van der Waals surface area contributed by atoms with Gasteiger partial charge in [0.25, 0.3) is 5.56 Å². The molecular formula is C22H21N7O2. The number of nitrogens with one attached hydrogen (secondary N) is 2. The number of rotatable bonds is 4. The van der Waals surface area contributed by atoms with Crippen molar-refractivity contribution >= 4 is 33.7 Å². The van der Waals surface area contributed by atoms with E-state index in [-0.39, 0.29) is 12.1 Å². The van der Waals surface area contributed by atoms with Crippen LogP contribution in [0.2, 0.25) is 0 Å². The van der Waals surface area contributed by atoms with Gasteiger partial charge in [-0.25, -0.2) is 4.79 Å². The van der Waals surface area contributed by atoms with Gasteiger partial charge in [-0.2, -0.15) is 4.98 Å². The number of aryl methyl sites for hydroxylation is 3. The zero-order chi connectivity index (χ0) is 21.7. The van der Waals surface area contributed by atoms with Gasteiger partial charge in [0, 0.05) is 43.4 Å². The number of benzene rings is 1. The molecule has 0 radical (unpaired) electrons. The van der Waals surface area contributed by atoms with Crippen LogP contribution in [0.5, 0.6) is 0 Å². The molecule has 5 aromatic rings. The fraction of sp³-hybridized carbons (Fsp3) is 0.182. The molecule has 0 unspecified atom stereocenters. The summed E-state index contributed by atoms with van der Waals surface area (Å²) in [4.78, 5) is 38.1. The van der Waals surface area contributed by atoms with Crippen LogP contribution >= 0.6 is 0 Å². The quantitative estimate of drug-likeness (QED) is 0.469. The molecule has 0 saturated carbocycles. The number of aromatic nitrogens is 6. The normalized spacial score (nSPS) is 11.5. The van der Waals surface area contributed by atoms with E-state index >= 15 is 0 Å². The molecule has 2 N–H and O–H groups in total. The highest BCUT2D eigenvalue weighted by Crippen LogP contribution is 2.19. The molecule has 0 saturated heterocycles. The molecule has 4 aromatic heterocycles. The summed E-state index contributed by atoms with van der Waals surface area (Å²) in [7, 11) is 3.37. The Morgan fingerprint density at radius 2 is 1.81 bits per heavy atom. The summed E-state index contributed by atoms with van der Waals surface area (Å²) in [5.74, 6) is 0.465. The molecule has 4 heterocycles. The van der Waals surface area contributed by atoms with Gasteiger partial charge in [0.15, 0.2) is 11.2 Å². The number of nitrogens with zero attached hydrogens (tertiary/aromatic N) is 5. The van der Waals surface area contributed by atoms with Gasteiger partial charge in [0.2, 0.25) is 5.95 Å². The SMILES string of the molecule is Cc1ccc2cc(Cn3c(=O)c4c(nc(Nc5ccncc5)n4C)n(C)c3=O)[nH]c2c1. The average Bonchev–Trinajstić information content (AvgIpc) is 3.30. The van der Waals surface area contributed by atoms with Crippen molar-refractivity contribution in [1.29, 1.82) is 0 Å². The minimum absolute atomic E-state index is 0.146. The topological polar surface area (TPSA) is 103 Å². The number of fused-ring (bicyclic) bond motifs is 2. The van der Waals surface area contributed by atoms with E-state index in [1.165, 1.54) is 9.13 Å². The van der Waals surface area contributed by atoms with E-state index in [0.717, 1.165) is 27.8 Å². The van der Waals surface area contributed by atoms with Gasteiger partial charge in [-0.1, -0.05) is 12.1 Å². The van der Waals surface area contributed by atoms with Crippen LogP contribution in [0.25, 0.3) is 22.1 Å². The number of H-pyrrole nitrogens is 1. The number of hydrogen-bond acceptors (Lipinski definition) is 5. The van der Waals surface area contributed by atoms with Gasteiger partial charge in [-0.15, -0.1) is 0 Å². The lowest BCUT2D eigenvalue weighted by Crippen LogP contribution is -2.39. The highest BCUT2D eigenvalue weighted by atomic mass is 16.2. The first-order valence-corrected chi connectivity index (χ1v) is 9.84. The molecular weight excluding hydrogens is 394 g/mol. The average molecular weight is 415 g/mol. The van der Waals surface area contributed by atoms with Crippen LogP contribution in [-0.2, 0) is 20.6 Å². The van der Waals surface area contributed by atoms with E-state index in [0.29, 0.717) is 17.1 Å². The summed E-state index contributed by atoms with van der Waals surface area (Å²) < 4.78 is 4.31. The van der Waals surface area contributed by atoms with Gasteiger partial charge in [0.05, 0.1) is 6.54 Å². The second kappa shape index (κ2) is 6.98. The zero-order valence-electron chi connectivity index (χ0n) is 17.4. The van der Waals surface area contributed by atoms with Crippen LogP contribution in [0.4, 0.5) is 11.6 Å². The van der Waals surface area contributed by atoms with Gasteiger partial charge in [-0.3, -0.25) is 18.9 Å². The Kier molecular flexibility index (Phi) is 4.25. The van der Waals surface area contributed by atoms with Gasteiger partial charge < -0.3 is 14.9 Å². The summed E-state index contributed by atoms with van der Waals surface area (Å²) in [5.41, 5.74) is 3.57.